The van der Waals surface area contributed by atoms with Crippen molar-refractivity contribution in [2.24, 2.45) is 0 Å². The highest BCUT2D eigenvalue weighted by atomic mass is 15.2. The molecule has 346 valence electrons. The van der Waals surface area contributed by atoms with Crippen LogP contribution in [0.25, 0.3) is 98.0 Å². The molecule has 2 heteroatoms. The molecule has 0 saturated heterocycles. The SMILES string of the molecule is c1ccc(-c2ccc(N(c3ccc4c5ccccc5c5ccccc5c4c3)c3ccccc3-c3ccccc3N(c3ccc(-c4ccccc4)cc3)c3ccc4c5ccccc5c5ccccc5c4c3)cc2)cc1. The highest BCUT2D eigenvalue weighted by molar-refractivity contribution is 6.27. The Hall–Kier alpha value is -9.76. The minimum absolute atomic E-state index is 1.07. The van der Waals surface area contributed by atoms with E-state index in [2.05, 4.69) is 301 Å². The van der Waals surface area contributed by atoms with Gasteiger partial charge in [-0.15, -0.1) is 0 Å². The third kappa shape index (κ3) is 7.35. The van der Waals surface area contributed by atoms with Gasteiger partial charge < -0.3 is 9.80 Å². The third-order valence-electron chi connectivity index (χ3n) is 15.0. The second kappa shape index (κ2) is 18.1. The van der Waals surface area contributed by atoms with Crippen LogP contribution in [0.15, 0.2) is 291 Å². The molecule has 14 aromatic carbocycles. The number of nitrogens with zero attached hydrogens (tertiary/aromatic N) is 2. The summed E-state index contributed by atoms with van der Waals surface area (Å²) in [7, 11) is 0. The summed E-state index contributed by atoms with van der Waals surface area (Å²) in [6.45, 7) is 0. The minimum Gasteiger partial charge on any atom is -0.310 e. The summed E-state index contributed by atoms with van der Waals surface area (Å²) in [6, 6.07) is 107. The Kier molecular flexibility index (Phi) is 10.6. The molecule has 0 aliphatic heterocycles. The Bertz CT molecular complexity index is 4050. The van der Waals surface area contributed by atoms with Gasteiger partial charge >= 0.3 is 0 Å². The van der Waals surface area contributed by atoms with Crippen molar-refractivity contribution < 1.29 is 0 Å². The molecule has 0 saturated carbocycles. The van der Waals surface area contributed by atoms with E-state index in [0.29, 0.717) is 0 Å². The monoisotopic (exact) mass is 940 g/mol. The predicted molar refractivity (Wildman–Crippen MR) is 317 cm³/mol. The van der Waals surface area contributed by atoms with Crippen LogP contribution in [0.5, 0.6) is 0 Å². The summed E-state index contributed by atoms with van der Waals surface area (Å²) in [5.41, 5.74) is 13.4. The molecule has 74 heavy (non-hydrogen) atoms. The lowest BCUT2D eigenvalue weighted by Gasteiger charge is -2.31. The van der Waals surface area contributed by atoms with Gasteiger partial charge in [-0.05, 0) is 148 Å². The molecule has 0 spiro atoms. The van der Waals surface area contributed by atoms with E-state index in [-0.39, 0.29) is 0 Å². The molecule has 0 atom stereocenters. The molecular weight excluding hydrogens is 893 g/mol. The quantitative estimate of drug-likeness (QED) is 0.133. The van der Waals surface area contributed by atoms with Crippen LogP contribution in [0.1, 0.15) is 0 Å². The fourth-order valence-corrected chi connectivity index (χ4v) is 11.6. The van der Waals surface area contributed by atoms with Crippen LogP contribution in [0.2, 0.25) is 0 Å². The molecule has 0 radical (unpaired) electrons. The molecule has 0 fully saturated rings. The van der Waals surface area contributed by atoms with Gasteiger partial charge in [0, 0.05) is 33.9 Å². The summed E-state index contributed by atoms with van der Waals surface area (Å²) in [5, 5.41) is 15.0. The van der Waals surface area contributed by atoms with Crippen molar-refractivity contribution in [1.29, 1.82) is 0 Å². The maximum absolute atomic E-state index is 2.45. The van der Waals surface area contributed by atoms with Gasteiger partial charge in [-0.3, -0.25) is 0 Å². The lowest BCUT2D eigenvalue weighted by atomic mass is 9.93. The Labute approximate surface area is 430 Å². The average molecular weight is 941 g/mol. The Morgan fingerprint density at radius 1 is 0.162 bits per heavy atom. The van der Waals surface area contributed by atoms with Crippen LogP contribution < -0.4 is 9.80 Å². The van der Waals surface area contributed by atoms with E-state index in [0.717, 1.165) is 45.3 Å². The van der Waals surface area contributed by atoms with Crippen LogP contribution >= 0.6 is 0 Å². The van der Waals surface area contributed by atoms with Crippen molar-refractivity contribution in [2.45, 2.75) is 0 Å². The molecule has 14 rings (SSSR count). The second-order valence-corrected chi connectivity index (χ2v) is 19.2. The number of anilines is 6. The maximum atomic E-state index is 2.45. The number of para-hydroxylation sites is 2. The van der Waals surface area contributed by atoms with Crippen molar-refractivity contribution in [2.75, 3.05) is 9.80 Å². The molecular formula is C72H48N2. The Balaban J connectivity index is 0.993. The summed E-state index contributed by atoms with van der Waals surface area (Å²) in [4.78, 5) is 4.91. The number of hydrogen-bond donors (Lipinski definition) is 0. The average Bonchev–Trinajstić information content (AvgIpc) is 3.50. The second-order valence-electron chi connectivity index (χ2n) is 19.2. The van der Waals surface area contributed by atoms with Gasteiger partial charge in [-0.25, -0.2) is 0 Å². The third-order valence-corrected chi connectivity index (χ3v) is 15.0. The fourth-order valence-electron chi connectivity index (χ4n) is 11.6. The number of fused-ring (bicyclic) bond motifs is 12. The molecule has 0 N–H and O–H groups in total. The van der Waals surface area contributed by atoms with Gasteiger partial charge in [0.2, 0.25) is 0 Å². The highest BCUT2D eigenvalue weighted by Crippen LogP contribution is 2.49. The largest absolute Gasteiger partial charge is 0.310 e. The fraction of sp³-hybridized carbons (Fsp3) is 0. The molecule has 0 bridgehead atoms. The standard InChI is InChI=1S/C72H48N2/c1-3-19-49(20-4-1)51-35-39-53(40-36-51)73(55-43-45-65-61-27-9-7-23-57(61)59-25-11-13-29-63(59)69(65)47-55)71-33-17-15-31-67(71)68-32-16-18-34-72(68)74(54-41-37-52(38-42-54)50-21-5-2-6-22-50)56-44-46-66-62-28-10-8-24-58(62)60-26-12-14-30-64(60)70(66)48-56/h1-48H. The van der Waals surface area contributed by atoms with Crippen LogP contribution in [-0.4, -0.2) is 0 Å². The summed E-state index contributed by atoms with van der Waals surface area (Å²) in [6.07, 6.45) is 0. The molecule has 0 aromatic heterocycles. The van der Waals surface area contributed by atoms with Crippen molar-refractivity contribution in [3.05, 3.63) is 291 Å². The molecule has 0 amide bonds. The zero-order valence-electron chi connectivity index (χ0n) is 40.6. The van der Waals surface area contributed by atoms with E-state index in [4.69, 9.17) is 0 Å². The number of hydrogen-bond acceptors (Lipinski definition) is 2. The van der Waals surface area contributed by atoms with Gasteiger partial charge in [-0.1, -0.05) is 231 Å². The Morgan fingerprint density at radius 2 is 0.405 bits per heavy atom. The van der Waals surface area contributed by atoms with Crippen molar-refractivity contribution in [3.8, 4) is 33.4 Å². The molecule has 0 heterocycles. The normalized spacial score (nSPS) is 11.5. The van der Waals surface area contributed by atoms with Gasteiger partial charge in [0.1, 0.15) is 0 Å². The summed E-state index contributed by atoms with van der Waals surface area (Å²) >= 11 is 0. The highest BCUT2D eigenvalue weighted by Gasteiger charge is 2.24. The van der Waals surface area contributed by atoms with Gasteiger partial charge in [0.15, 0.2) is 0 Å². The zero-order chi connectivity index (χ0) is 49.0. The van der Waals surface area contributed by atoms with E-state index in [1.54, 1.807) is 0 Å². The van der Waals surface area contributed by atoms with E-state index in [1.807, 2.05) is 0 Å². The Morgan fingerprint density at radius 3 is 0.743 bits per heavy atom. The van der Waals surface area contributed by atoms with E-state index in [9.17, 15) is 0 Å². The van der Waals surface area contributed by atoms with E-state index >= 15 is 0 Å². The first-order valence-electron chi connectivity index (χ1n) is 25.5. The summed E-state index contributed by atoms with van der Waals surface area (Å²) in [5.74, 6) is 0. The molecule has 14 aromatic rings. The number of benzene rings is 14. The van der Waals surface area contributed by atoms with Crippen LogP contribution in [0.4, 0.5) is 34.1 Å². The van der Waals surface area contributed by atoms with Crippen LogP contribution in [-0.2, 0) is 0 Å². The zero-order valence-corrected chi connectivity index (χ0v) is 40.6. The van der Waals surface area contributed by atoms with Crippen molar-refractivity contribution in [1.82, 2.24) is 0 Å². The van der Waals surface area contributed by atoms with Gasteiger partial charge in [-0.2, -0.15) is 0 Å². The topological polar surface area (TPSA) is 6.48 Å². The lowest BCUT2D eigenvalue weighted by Crippen LogP contribution is -2.13. The predicted octanol–water partition coefficient (Wildman–Crippen LogP) is 20.5. The molecule has 2 nitrogen and oxygen atoms in total. The smallest absolute Gasteiger partial charge is 0.0540 e. The van der Waals surface area contributed by atoms with Crippen LogP contribution in [0.3, 0.4) is 0 Å². The first-order valence-corrected chi connectivity index (χ1v) is 25.5. The van der Waals surface area contributed by atoms with Crippen LogP contribution in [0, 0.1) is 0 Å². The lowest BCUT2D eigenvalue weighted by molar-refractivity contribution is 1.27. The first kappa shape index (κ1) is 43.1. The van der Waals surface area contributed by atoms with Gasteiger partial charge in [0.25, 0.3) is 0 Å². The molecule has 0 aliphatic rings. The van der Waals surface area contributed by atoms with Crippen molar-refractivity contribution >= 4 is 98.8 Å². The minimum atomic E-state index is 1.07. The van der Waals surface area contributed by atoms with Gasteiger partial charge in [0.05, 0.1) is 11.4 Å². The van der Waals surface area contributed by atoms with Crippen molar-refractivity contribution in [3.63, 3.8) is 0 Å². The number of rotatable bonds is 9. The molecule has 0 unspecified atom stereocenters. The summed E-state index contributed by atoms with van der Waals surface area (Å²) < 4.78 is 0. The van der Waals surface area contributed by atoms with E-state index in [1.165, 1.54) is 86.9 Å². The first-order chi connectivity index (χ1) is 36.7. The molecule has 0 aliphatic carbocycles. The van der Waals surface area contributed by atoms with E-state index < -0.39 is 0 Å². The maximum Gasteiger partial charge on any atom is 0.0540 e.